The molecule has 1 aromatic heterocycles. The molecule has 2 atom stereocenters. The molecule has 4 nitrogen and oxygen atoms in total. The summed E-state index contributed by atoms with van der Waals surface area (Å²) in [5, 5.41) is 0. The van der Waals surface area contributed by atoms with Crippen LogP contribution in [0.1, 0.15) is 37.4 Å². The highest BCUT2D eigenvalue weighted by atomic mass is 16.2. The van der Waals surface area contributed by atoms with Crippen LogP contribution in [-0.4, -0.2) is 9.13 Å². The van der Waals surface area contributed by atoms with Gasteiger partial charge < -0.3 is 0 Å². The summed E-state index contributed by atoms with van der Waals surface area (Å²) in [7, 11) is 3.25. The molecule has 4 heteroatoms. The molecule has 0 spiro atoms. The van der Waals surface area contributed by atoms with Crippen LogP contribution in [0.5, 0.6) is 0 Å². The van der Waals surface area contributed by atoms with Gasteiger partial charge in [-0.1, -0.05) is 25.2 Å². The van der Waals surface area contributed by atoms with Gasteiger partial charge >= 0.3 is 5.69 Å². The molecular formula is C15H18N2O2. The summed E-state index contributed by atoms with van der Waals surface area (Å²) >= 11 is 0. The molecule has 1 aromatic rings. The van der Waals surface area contributed by atoms with Crippen LogP contribution in [0, 0.1) is 5.41 Å². The largest absolute Gasteiger partial charge is 0.330 e. The third-order valence-corrected chi connectivity index (χ3v) is 4.59. The second-order valence-electron chi connectivity index (χ2n) is 6.08. The van der Waals surface area contributed by atoms with E-state index in [4.69, 9.17) is 0 Å². The fourth-order valence-corrected chi connectivity index (χ4v) is 3.92. The summed E-state index contributed by atoms with van der Waals surface area (Å²) in [6, 6.07) is 0. The van der Waals surface area contributed by atoms with Crippen molar-refractivity contribution in [2.24, 2.45) is 19.5 Å². The average molecular weight is 258 g/mol. The van der Waals surface area contributed by atoms with Gasteiger partial charge in [-0.05, 0) is 18.9 Å². The molecule has 0 bridgehead atoms. The summed E-state index contributed by atoms with van der Waals surface area (Å²) in [5.41, 5.74) is 3.10. The average Bonchev–Trinajstić information content (AvgIpc) is 2.31. The van der Waals surface area contributed by atoms with Crippen molar-refractivity contribution in [1.82, 2.24) is 9.13 Å². The predicted octanol–water partition coefficient (Wildman–Crippen LogP) is 1.55. The van der Waals surface area contributed by atoms with Gasteiger partial charge in [0.1, 0.15) is 0 Å². The van der Waals surface area contributed by atoms with Gasteiger partial charge in [-0.25, -0.2) is 4.79 Å². The van der Waals surface area contributed by atoms with E-state index in [0.717, 1.165) is 23.3 Å². The summed E-state index contributed by atoms with van der Waals surface area (Å²) in [6.45, 7) is 8.29. The Labute approximate surface area is 111 Å². The first-order chi connectivity index (χ1) is 8.78. The number of rotatable bonds is 0. The zero-order valence-corrected chi connectivity index (χ0v) is 11.8. The Bertz CT molecular complexity index is 764. The first-order valence-corrected chi connectivity index (χ1v) is 6.45. The minimum absolute atomic E-state index is 0.0161. The van der Waals surface area contributed by atoms with Crippen LogP contribution in [0.3, 0.4) is 0 Å². The molecule has 0 saturated heterocycles. The van der Waals surface area contributed by atoms with Crippen molar-refractivity contribution in [3.63, 3.8) is 0 Å². The van der Waals surface area contributed by atoms with Crippen molar-refractivity contribution >= 4 is 5.57 Å². The first kappa shape index (κ1) is 12.2. The Kier molecular flexibility index (Phi) is 2.17. The number of aromatic nitrogens is 2. The third kappa shape index (κ3) is 1.29. The van der Waals surface area contributed by atoms with E-state index < -0.39 is 0 Å². The van der Waals surface area contributed by atoms with E-state index in [2.05, 4.69) is 26.5 Å². The number of fused-ring (bicyclic) bond motifs is 3. The lowest BCUT2D eigenvalue weighted by Gasteiger charge is -2.49. The number of nitrogens with zero attached hydrogens (tertiary/aromatic N) is 2. The van der Waals surface area contributed by atoms with Crippen LogP contribution in [0.2, 0.25) is 0 Å². The number of hydrogen-bond donors (Lipinski definition) is 0. The molecule has 1 heterocycles. The maximum Gasteiger partial charge on any atom is 0.330 e. The van der Waals surface area contributed by atoms with Crippen molar-refractivity contribution in [2.45, 2.75) is 26.2 Å². The van der Waals surface area contributed by atoms with Crippen LogP contribution in [0.15, 0.2) is 27.8 Å². The minimum atomic E-state index is -0.283. The van der Waals surface area contributed by atoms with Crippen molar-refractivity contribution in [3.8, 4) is 0 Å². The molecule has 0 aromatic carbocycles. The molecule has 0 unspecified atom stereocenters. The van der Waals surface area contributed by atoms with E-state index in [-0.39, 0.29) is 22.6 Å². The highest BCUT2D eigenvalue weighted by molar-refractivity contribution is 5.70. The van der Waals surface area contributed by atoms with Crippen LogP contribution >= 0.6 is 0 Å². The topological polar surface area (TPSA) is 44.0 Å². The minimum Gasteiger partial charge on any atom is -0.296 e. The number of allylic oxidation sites excluding steroid dienone is 3. The van der Waals surface area contributed by atoms with Gasteiger partial charge in [-0.15, -0.1) is 0 Å². The monoisotopic (exact) mass is 258 g/mol. The summed E-state index contributed by atoms with van der Waals surface area (Å²) in [5.74, 6) is 0.124. The summed E-state index contributed by atoms with van der Waals surface area (Å²) < 4.78 is 2.76. The van der Waals surface area contributed by atoms with Crippen LogP contribution in [0.25, 0.3) is 5.57 Å². The van der Waals surface area contributed by atoms with E-state index >= 15 is 0 Å². The van der Waals surface area contributed by atoms with Crippen LogP contribution in [-0.2, 0) is 14.1 Å². The number of hydrogen-bond acceptors (Lipinski definition) is 2. The van der Waals surface area contributed by atoms with Gasteiger partial charge in [-0.3, -0.25) is 13.9 Å². The SMILES string of the molecule is C=C1C[C@]2(C)C=C(C)[C@@H]2c2c1n(C)c(=O)n(C)c2=O. The Morgan fingerprint density at radius 2 is 1.95 bits per heavy atom. The van der Waals surface area contributed by atoms with Gasteiger partial charge in [0.2, 0.25) is 0 Å². The second kappa shape index (κ2) is 3.38. The molecule has 0 aliphatic heterocycles. The van der Waals surface area contributed by atoms with Crippen LogP contribution < -0.4 is 11.2 Å². The van der Waals surface area contributed by atoms with Crippen molar-refractivity contribution < 1.29 is 0 Å². The Morgan fingerprint density at radius 3 is 2.53 bits per heavy atom. The van der Waals surface area contributed by atoms with Gasteiger partial charge in [-0.2, -0.15) is 0 Å². The van der Waals surface area contributed by atoms with E-state index in [1.54, 1.807) is 11.6 Å². The molecule has 19 heavy (non-hydrogen) atoms. The van der Waals surface area contributed by atoms with E-state index in [1.165, 1.54) is 17.2 Å². The van der Waals surface area contributed by atoms with Gasteiger partial charge in [0.25, 0.3) is 5.56 Å². The van der Waals surface area contributed by atoms with Crippen molar-refractivity contribution in [1.29, 1.82) is 0 Å². The lowest BCUT2D eigenvalue weighted by molar-refractivity contribution is 0.308. The molecule has 0 N–H and O–H groups in total. The fraction of sp³-hybridized carbons (Fsp3) is 0.467. The molecule has 0 amide bonds. The molecule has 0 radical (unpaired) electrons. The van der Waals surface area contributed by atoms with E-state index in [9.17, 15) is 9.59 Å². The maximum absolute atomic E-state index is 12.5. The molecule has 100 valence electrons. The predicted molar refractivity (Wildman–Crippen MR) is 75.2 cm³/mol. The van der Waals surface area contributed by atoms with Gasteiger partial charge in [0, 0.05) is 31.0 Å². The Balaban J connectivity index is 2.46. The van der Waals surface area contributed by atoms with Gasteiger partial charge in [0.15, 0.2) is 0 Å². The normalized spacial score (nSPS) is 28.3. The van der Waals surface area contributed by atoms with Crippen LogP contribution in [0.4, 0.5) is 0 Å². The zero-order chi connectivity index (χ0) is 14.1. The molecule has 0 saturated carbocycles. The van der Waals surface area contributed by atoms with Crippen molar-refractivity contribution in [3.05, 3.63) is 50.3 Å². The van der Waals surface area contributed by atoms with Gasteiger partial charge in [0.05, 0.1) is 5.69 Å². The standard InChI is InChI=1S/C15H18N2O2/c1-8-6-15(3)7-9(2)12-10(11(8)15)13(18)17(5)14(19)16(12)4/h6,11H,2,7H2,1,3-5H3/t11-,15+/m1/s1. The smallest absolute Gasteiger partial charge is 0.296 e. The summed E-state index contributed by atoms with van der Waals surface area (Å²) in [6.07, 6.45) is 3.03. The quantitative estimate of drug-likeness (QED) is 0.663. The lowest BCUT2D eigenvalue weighted by atomic mass is 9.55. The molecule has 0 fully saturated rings. The van der Waals surface area contributed by atoms with E-state index in [1.807, 2.05) is 0 Å². The highest BCUT2D eigenvalue weighted by Gasteiger charge is 2.49. The van der Waals surface area contributed by atoms with Crippen molar-refractivity contribution in [2.75, 3.05) is 0 Å². The molecular weight excluding hydrogens is 240 g/mol. The van der Waals surface area contributed by atoms with E-state index in [0.29, 0.717) is 0 Å². The third-order valence-electron chi connectivity index (χ3n) is 4.59. The zero-order valence-electron chi connectivity index (χ0n) is 11.8. The lowest BCUT2D eigenvalue weighted by Crippen LogP contribution is -2.48. The first-order valence-electron chi connectivity index (χ1n) is 6.45. The molecule has 2 aliphatic rings. The Morgan fingerprint density at radius 1 is 1.32 bits per heavy atom. The Hall–Kier alpha value is -1.84. The summed E-state index contributed by atoms with van der Waals surface area (Å²) in [4.78, 5) is 24.5. The highest BCUT2D eigenvalue weighted by Crippen LogP contribution is 2.58. The molecule has 3 rings (SSSR count). The second-order valence-corrected chi connectivity index (χ2v) is 6.08. The molecule has 2 aliphatic carbocycles. The maximum atomic E-state index is 12.5. The fourth-order valence-electron chi connectivity index (χ4n) is 3.92.